The Morgan fingerprint density at radius 2 is 1.41 bits per heavy atom. The van der Waals surface area contributed by atoms with E-state index in [4.69, 9.17) is 5.73 Å². The van der Waals surface area contributed by atoms with Gasteiger partial charge in [-0.1, -0.05) is 56.3 Å². The highest BCUT2D eigenvalue weighted by Gasteiger charge is 2.32. The Hall–Kier alpha value is -4.71. The highest BCUT2D eigenvalue weighted by atomic mass is 16.4. The molecule has 0 spiro atoms. The summed E-state index contributed by atoms with van der Waals surface area (Å²) in [7, 11) is 0. The van der Waals surface area contributed by atoms with Crippen molar-refractivity contribution in [2.24, 2.45) is 11.7 Å². The molecule has 0 aliphatic carbocycles. The van der Waals surface area contributed by atoms with Gasteiger partial charge >= 0.3 is 5.97 Å². The fourth-order valence-electron chi connectivity index (χ4n) is 4.18. The molecule has 1 aromatic heterocycles. The first kappa shape index (κ1) is 30.8. The van der Waals surface area contributed by atoms with Crippen molar-refractivity contribution in [1.82, 2.24) is 25.9 Å². The molecule has 41 heavy (non-hydrogen) atoms. The zero-order valence-corrected chi connectivity index (χ0v) is 22.9. The zero-order valence-electron chi connectivity index (χ0n) is 22.9. The van der Waals surface area contributed by atoms with Crippen LogP contribution in [0.1, 0.15) is 30.7 Å². The van der Waals surface area contributed by atoms with Crippen LogP contribution in [0, 0.1) is 5.92 Å². The second-order valence-corrected chi connectivity index (χ2v) is 10.1. The molecule has 0 saturated carbocycles. The lowest BCUT2D eigenvalue weighted by Crippen LogP contribution is -2.58. The smallest absolute Gasteiger partial charge is 0.326 e. The molecule has 0 aliphatic rings. The van der Waals surface area contributed by atoms with Gasteiger partial charge in [-0.15, -0.1) is 0 Å². The number of carbonyl (C=O) groups is 4. The number of aromatic nitrogens is 2. The lowest BCUT2D eigenvalue weighted by molar-refractivity contribution is -0.143. The van der Waals surface area contributed by atoms with E-state index in [1.165, 1.54) is 24.7 Å². The number of H-pyrrole nitrogens is 1. The molecule has 0 aliphatic heterocycles. The molecule has 3 aromatic rings. The number of phenolic OH excluding ortho intramolecular Hbond substituents is 1. The predicted molar refractivity (Wildman–Crippen MR) is 150 cm³/mol. The van der Waals surface area contributed by atoms with Crippen LogP contribution in [-0.2, 0) is 38.4 Å². The summed E-state index contributed by atoms with van der Waals surface area (Å²) in [5.41, 5.74) is 8.18. The number of hydrogen-bond acceptors (Lipinski definition) is 7. The number of imidazole rings is 1. The quantitative estimate of drug-likeness (QED) is 0.148. The highest BCUT2D eigenvalue weighted by molar-refractivity contribution is 5.94. The molecule has 12 heteroatoms. The average molecular weight is 565 g/mol. The Morgan fingerprint density at radius 3 is 2.00 bits per heavy atom. The lowest BCUT2D eigenvalue weighted by Gasteiger charge is -2.26. The van der Waals surface area contributed by atoms with Gasteiger partial charge in [0.2, 0.25) is 17.7 Å². The Morgan fingerprint density at radius 1 is 0.829 bits per heavy atom. The number of aromatic hydroxyl groups is 1. The zero-order chi connectivity index (χ0) is 29.9. The van der Waals surface area contributed by atoms with Gasteiger partial charge < -0.3 is 36.9 Å². The van der Waals surface area contributed by atoms with Crippen molar-refractivity contribution in [3.63, 3.8) is 0 Å². The minimum absolute atomic E-state index is 0.00831. The fraction of sp³-hybridized carbons (Fsp3) is 0.345. The molecule has 3 amide bonds. The Labute approximate surface area is 237 Å². The van der Waals surface area contributed by atoms with Gasteiger partial charge in [0.05, 0.1) is 12.4 Å². The number of carboxylic acids is 1. The molecule has 0 fully saturated rings. The van der Waals surface area contributed by atoms with Crippen LogP contribution in [0.3, 0.4) is 0 Å². The standard InChI is InChI=1S/C29H36N6O6/c1-17(2)25(29(40)41)35-28(39)24(14-20-15-31-16-32-20)34-27(38)23(13-18-6-4-3-5-7-18)33-26(37)22(30)12-19-8-10-21(36)11-9-19/h3-11,15-17,22-25,36H,12-14,30H2,1-2H3,(H,31,32)(H,33,37)(H,34,38)(H,35,39)(H,40,41). The van der Waals surface area contributed by atoms with Gasteiger partial charge in [-0.25, -0.2) is 9.78 Å². The number of nitrogens with one attached hydrogen (secondary N) is 4. The van der Waals surface area contributed by atoms with Gasteiger partial charge in [0.1, 0.15) is 23.9 Å². The number of nitrogens with zero attached hydrogens (tertiary/aromatic N) is 1. The van der Waals surface area contributed by atoms with Crippen LogP contribution >= 0.6 is 0 Å². The monoisotopic (exact) mass is 564 g/mol. The number of hydrogen-bond donors (Lipinski definition) is 7. The van der Waals surface area contributed by atoms with Crippen LogP contribution in [0.25, 0.3) is 0 Å². The van der Waals surface area contributed by atoms with Crippen LogP contribution in [0.15, 0.2) is 67.1 Å². The summed E-state index contributed by atoms with van der Waals surface area (Å²) in [4.78, 5) is 58.4. The van der Waals surface area contributed by atoms with E-state index >= 15 is 0 Å². The molecular formula is C29H36N6O6. The largest absolute Gasteiger partial charge is 0.508 e. The van der Waals surface area contributed by atoms with E-state index in [9.17, 15) is 29.4 Å². The third-order valence-corrected chi connectivity index (χ3v) is 6.49. The van der Waals surface area contributed by atoms with E-state index in [1.54, 1.807) is 50.2 Å². The molecule has 0 saturated heterocycles. The number of carbonyl (C=O) groups excluding carboxylic acids is 3. The molecule has 0 radical (unpaired) electrons. The number of aliphatic carboxylic acids is 1. The molecule has 2 aromatic carbocycles. The average Bonchev–Trinajstić information content (AvgIpc) is 3.45. The maximum Gasteiger partial charge on any atom is 0.326 e. The molecule has 1 heterocycles. The van der Waals surface area contributed by atoms with Crippen LogP contribution in [-0.4, -0.2) is 68.0 Å². The van der Waals surface area contributed by atoms with E-state index in [0.29, 0.717) is 5.69 Å². The van der Waals surface area contributed by atoms with Crippen molar-refractivity contribution in [2.75, 3.05) is 0 Å². The summed E-state index contributed by atoms with van der Waals surface area (Å²) in [6.07, 6.45) is 3.21. The maximum absolute atomic E-state index is 13.6. The summed E-state index contributed by atoms with van der Waals surface area (Å²) in [6, 6.07) is 10.9. The number of rotatable bonds is 14. The number of aromatic amines is 1. The summed E-state index contributed by atoms with van der Waals surface area (Å²) < 4.78 is 0. The lowest BCUT2D eigenvalue weighted by atomic mass is 10.0. The van der Waals surface area contributed by atoms with Crippen LogP contribution < -0.4 is 21.7 Å². The first-order chi connectivity index (χ1) is 19.5. The second kappa shape index (κ2) is 14.6. The normalized spacial score (nSPS) is 14.0. The van der Waals surface area contributed by atoms with Crippen LogP contribution in [0.4, 0.5) is 0 Å². The van der Waals surface area contributed by atoms with Gasteiger partial charge in [-0.3, -0.25) is 14.4 Å². The van der Waals surface area contributed by atoms with Crippen molar-refractivity contribution >= 4 is 23.7 Å². The summed E-state index contributed by atoms with van der Waals surface area (Å²) in [5, 5.41) is 26.9. The topological polar surface area (TPSA) is 200 Å². The molecule has 218 valence electrons. The van der Waals surface area contributed by atoms with E-state index in [0.717, 1.165) is 11.1 Å². The van der Waals surface area contributed by atoms with Crippen molar-refractivity contribution in [3.05, 3.63) is 83.9 Å². The van der Waals surface area contributed by atoms with Crippen molar-refractivity contribution < 1.29 is 29.4 Å². The molecular weight excluding hydrogens is 528 g/mol. The van der Waals surface area contributed by atoms with E-state index in [1.807, 2.05) is 6.07 Å². The molecule has 12 nitrogen and oxygen atoms in total. The van der Waals surface area contributed by atoms with Crippen LogP contribution in [0.2, 0.25) is 0 Å². The number of nitrogens with two attached hydrogens (primary N) is 1. The van der Waals surface area contributed by atoms with Gasteiger partial charge in [0.15, 0.2) is 0 Å². The summed E-state index contributed by atoms with van der Waals surface area (Å²) >= 11 is 0. The molecule has 4 unspecified atom stereocenters. The maximum atomic E-state index is 13.6. The van der Waals surface area contributed by atoms with Gasteiger partial charge in [0, 0.05) is 24.7 Å². The SMILES string of the molecule is CC(C)C(NC(=O)C(Cc1cnc[nH]1)NC(=O)C(Cc1ccccc1)NC(=O)C(N)Cc1ccc(O)cc1)C(=O)O. The predicted octanol–water partition coefficient (Wildman–Crippen LogP) is 0.666. The minimum atomic E-state index is -1.20. The van der Waals surface area contributed by atoms with Gasteiger partial charge in [-0.05, 0) is 35.6 Å². The highest BCUT2D eigenvalue weighted by Crippen LogP contribution is 2.12. The number of phenols is 1. The number of amides is 3. The third-order valence-electron chi connectivity index (χ3n) is 6.49. The van der Waals surface area contributed by atoms with E-state index in [-0.39, 0.29) is 25.0 Å². The molecule has 3 rings (SSSR count). The van der Waals surface area contributed by atoms with E-state index < -0.39 is 53.8 Å². The Balaban J connectivity index is 1.80. The first-order valence-corrected chi connectivity index (χ1v) is 13.2. The second-order valence-electron chi connectivity index (χ2n) is 10.1. The molecule has 4 atom stereocenters. The third kappa shape index (κ3) is 9.46. The van der Waals surface area contributed by atoms with Crippen molar-refractivity contribution in [1.29, 1.82) is 0 Å². The fourth-order valence-corrected chi connectivity index (χ4v) is 4.18. The summed E-state index contributed by atoms with van der Waals surface area (Å²) in [6.45, 7) is 3.32. The number of carboxylic acid groups (broad SMARTS) is 1. The first-order valence-electron chi connectivity index (χ1n) is 13.2. The Kier molecular flexibility index (Phi) is 11.0. The minimum Gasteiger partial charge on any atom is -0.508 e. The van der Waals surface area contributed by atoms with Crippen LogP contribution in [0.5, 0.6) is 5.75 Å². The molecule has 8 N–H and O–H groups in total. The van der Waals surface area contributed by atoms with Gasteiger partial charge in [0.25, 0.3) is 0 Å². The van der Waals surface area contributed by atoms with E-state index in [2.05, 4.69) is 25.9 Å². The van der Waals surface area contributed by atoms with Crippen molar-refractivity contribution in [2.45, 2.75) is 57.3 Å². The van der Waals surface area contributed by atoms with Gasteiger partial charge in [-0.2, -0.15) is 0 Å². The Bertz CT molecular complexity index is 1300. The molecule has 0 bridgehead atoms. The summed E-state index contributed by atoms with van der Waals surface area (Å²) in [5.74, 6) is -3.42. The number of benzene rings is 2. The van der Waals surface area contributed by atoms with Crippen molar-refractivity contribution in [3.8, 4) is 5.75 Å².